The van der Waals surface area contributed by atoms with Crippen molar-refractivity contribution in [1.82, 2.24) is 29.4 Å². The fourth-order valence-corrected chi connectivity index (χ4v) is 4.03. The summed E-state index contributed by atoms with van der Waals surface area (Å²) in [4.78, 5) is 11.3. The molecule has 6 rings (SSSR count). The number of ether oxygens (including phenoxy) is 2. The van der Waals surface area contributed by atoms with Gasteiger partial charge in [-0.05, 0) is 25.0 Å². The molecule has 152 valence electrons. The van der Waals surface area contributed by atoms with Crippen molar-refractivity contribution in [3.63, 3.8) is 0 Å². The number of fused-ring (bicyclic) bond motifs is 2. The normalized spacial score (nSPS) is 16.5. The number of nitrogens with zero attached hydrogens (tertiary/aromatic N) is 7. The van der Waals surface area contributed by atoms with Gasteiger partial charge in [-0.1, -0.05) is 0 Å². The molecule has 1 saturated heterocycles. The molecule has 0 saturated carbocycles. The van der Waals surface area contributed by atoms with E-state index >= 15 is 0 Å². The zero-order valence-electron chi connectivity index (χ0n) is 16.4. The van der Waals surface area contributed by atoms with Crippen LogP contribution in [0, 0.1) is 0 Å². The second-order valence-corrected chi connectivity index (χ2v) is 7.45. The number of hydrogen-bond acceptors (Lipinski definition) is 7. The van der Waals surface area contributed by atoms with Gasteiger partial charge in [0.1, 0.15) is 5.82 Å². The Morgan fingerprint density at radius 2 is 1.87 bits per heavy atom. The molecule has 9 heteroatoms. The van der Waals surface area contributed by atoms with E-state index in [-0.39, 0.29) is 0 Å². The lowest BCUT2D eigenvalue weighted by Gasteiger charge is -2.29. The highest BCUT2D eigenvalue weighted by molar-refractivity contribution is 5.66. The zero-order valence-corrected chi connectivity index (χ0v) is 16.4. The maximum absolute atomic E-state index is 5.92. The Bertz CT molecular complexity index is 1200. The quantitative estimate of drug-likeness (QED) is 0.518. The molecule has 0 radical (unpaired) electrons. The maximum Gasteiger partial charge on any atom is 0.221 e. The molecule has 0 amide bonds. The van der Waals surface area contributed by atoms with E-state index in [2.05, 4.69) is 15.0 Å². The number of hydrogen-bond donors (Lipinski definition) is 0. The smallest absolute Gasteiger partial charge is 0.221 e. The Morgan fingerprint density at radius 3 is 2.73 bits per heavy atom. The predicted molar refractivity (Wildman–Crippen MR) is 110 cm³/mol. The van der Waals surface area contributed by atoms with Crippen LogP contribution in [0.4, 0.5) is 5.82 Å². The fraction of sp³-hybridized carbons (Fsp3) is 0.333. The van der Waals surface area contributed by atoms with Crippen LogP contribution in [0.1, 0.15) is 12.0 Å². The van der Waals surface area contributed by atoms with Gasteiger partial charge >= 0.3 is 0 Å². The third kappa shape index (κ3) is 2.89. The van der Waals surface area contributed by atoms with Crippen LogP contribution in [0.25, 0.3) is 22.7 Å². The lowest BCUT2D eigenvalue weighted by molar-refractivity contribution is 0.122. The molecule has 1 fully saturated rings. The molecule has 2 aliphatic heterocycles. The van der Waals surface area contributed by atoms with Crippen molar-refractivity contribution in [3.8, 4) is 23.0 Å². The number of aryl methyl sites for hydroxylation is 1. The summed E-state index contributed by atoms with van der Waals surface area (Å²) in [7, 11) is 0. The van der Waals surface area contributed by atoms with Gasteiger partial charge < -0.3 is 14.4 Å². The van der Waals surface area contributed by atoms with E-state index in [0.29, 0.717) is 19.8 Å². The van der Waals surface area contributed by atoms with Gasteiger partial charge in [-0.25, -0.2) is 4.98 Å². The van der Waals surface area contributed by atoms with Crippen molar-refractivity contribution < 1.29 is 9.47 Å². The first kappa shape index (κ1) is 17.4. The van der Waals surface area contributed by atoms with Crippen LogP contribution in [0.3, 0.4) is 0 Å². The van der Waals surface area contributed by atoms with Gasteiger partial charge in [0.2, 0.25) is 5.88 Å². The molecule has 4 aromatic rings. The van der Waals surface area contributed by atoms with E-state index in [9.17, 15) is 0 Å². The molecule has 4 aromatic heterocycles. The van der Waals surface area contributed by atoms with Gasteiger partial charge in [0.15, 0.2) is 11.5 Å². The molecule has 0 bridgehead atoms. The van der Waals surface area contributed by atoms with E-state index < -0.39 is 0 Å². The van der Waals surface area contributed by atoms with E-state index in [1.807, 2.05) is 35.0 Å². The molecule has 2 aliphatic rings. The highest BCUT2D eigenvalue weighted by atomic mass is 16.5. The monoisotopic (exact) mass is 403 g/mol. The molecule has 30 heavy (non-hydrogen) atoms. The minimum atomic E-state index is 0.692. The van der Waals surface area contributed by atoms with Crippen LogP contribution in [0.2, 0.25) is 0 Å². The van der Waals surface area contributed by atoms with Crippen LogP contribution < -0.4 is 9.64 Å². The van der Waals surface area contributed by atoms with Crippen molar-refractivity contribution in [2.75, 3.05) is 37.8 Å². The first-order chi connectivity index (χ1) is 14.9. The third-order valence-electron chi connectivity index (χ3n) is 5.55. The number of morpholine rings is 1. The van der Waals surface area contributed by atoms with Crippen molar-refractivity contribution in [3.05, 3.63) is 48.4 Å². The lowest BCUT2D eigenvalue weighted by Crippen LogP contribution is -2.37. The maximum atomic E-state index is 5.92. The summed E-state index contributed by atoms with van der Waals surface area (Å²) in [6, 6.07) is 7.94. The Kier molecular flexibility index (Phi) is 4.12. The fourth-order valence-electron chi connectivity index (χ4n) is 4.03. The molecule has 0 unspecified atom stereocenters. The largest absolute Gasteiger partial charge is 0.477 e. The van der Waals surface area contributed by atoms with E-state index in [4.69, 9.17) is 19.6 Å². The van der Waals surface area contributed by atoms with Gasteiger partial charge in [0.25, 0.3) is 0 Å². The summed E-state index contributed by atoms with van der Waals surface area (Å²) < 4.78 is 15.2. The molecule has 9 nitrogen and oxygen atoms in total. The molecule has 0 spiro atoms. The average Bonchev–Trinajstić information content (AvgIpc) is 3.44. The summed E-state index contributed by atoms with van der Waals surface area (Å²) in [5.41, 5.74) is 3.75. The summed E-state index contributed by atoms with van der Waals surface area (Å²) >= 11 is 0. The van der Waals surface area contributed by atoms with Crippen molar-refractivity contribution in [2.24, 2.45) is 0 Å². The topological polar surface area (TPSA) is 82.6 Å². The second-order valence-electron chi connectivity index (χ2n) is 7.45. The first-order valence-electron chi connectivity index (χ1n) is 10.2. The molecule has 6 heterocycles. The van der Waals surface area contributed by atoms with Gasteiger partial charge in [-0.2, -0.15) is 19.4 Å². The standard InChI is InChI=1S/C21H21N7O2/c1-2-16-14-23-28(21(16)30-9-1)19-13-20(26-7-10-29-11-8-26)27-18(24-19)12-17(25-27)15-3-5-22-6-4-15/h3-6,12-14H,1-2,7-11H2. The number of aromatic nitrogens is 6. The lowest BCUT2D eigenvalue weighted by atomic mass is 10.2. The van der Waals surface area contributed by atoms with E-state index in [1.165, 1.54) is 0 Å². The third-order valence-corrected chi connectivity index (χ3v) is 5.55. The predicted octanol–water partition coefficient (Wildman–Crippen LogP) is 2.14. The summed E-state index contributed by atoms with van der Waals surface area (Å²) in [6.07, 6.45) is 7.42. The Hall–Kier alpha value is -3.46. The van der Waals surface area contributed by atoms with Crippen LogP contribution in [-0.2, 0) is 11.2 Å². The van der Waals surface area contributed by atoms with Crippen molar-refractivity contribution in [2.45, 2.75) is 12.8 Å². The second kappa shape index (κ2) is 7.10. The highest BCUT2D eigenvalue weighted by Crippen LogP contribution is 2.30. The SMILES string of the molecule is c1cc(-c2cc3nc(-n4ncc5c4OCCC5)cc(N4CCOCC4)n3n2)ccn1. The Morgan fingerprint density at radius 1 is 1.00 bits per heavy atom. The molecular weight excluding hydrogens is 382 g/mol. The highest BCUT2D eigenvalue weighted by Gasteiger charge is 2.22. The molecule has 0 N–H and O–H groups in total. The summed E-state index contributed by atoms with van der Waals surface area (Å²) in [6.45, 7) is 3.69. The summed E-state index contributed by atoms with van der Waals surface area (Å²) in [5, 5.41) is 9.43. The van der Waals surface area contributed by atoms with Crippen LogP contribution in [0.5, 0.6) is 5.88 Å². The first-order valence-corrected chi connectivity index (χ1v) is 10.2. The van der Waals surface area contributed by atoms with Crippen LogP contribution in [0.15, 0.2) is 42.9 Å². The van der Waals surface area contributed by atoms with Gasteiger partial charge in [0.05, 0.1) is 31.7 Å². The van der Waals surface area contributed by atoms with Crippen LogP contribution in [-0.4, -0.2) is 62.3 Å². The average molecular weight is 403 g/mol. The van der Waals surface area contributed by atoms with Gasteiger partial charge in [0, 0.05) is 48.7 Å². The Labute approximate surface area is 172 Å². The van der Waals surface area contributed by atoms with Gasteiger partial charge in [-0.15, -0.1) is 0 Å². The molecule has 0 aliphatic carbocycles. The van der Waals surface area contributed by atoms with Gasteiger partial charge in [-0.3, -0.25) is 4.98 Å². The Balaban J connectivity index is 1.53. The number of anilines is 1. The minimum absolute atomic E-state index is 0.692. The van der Waals surface area contributed by atoms with Crippen LogP contribution >= 0.6 is 0 Å². The minimum Gasteiger partial charge on any atom is -0.477 e. The molecule has 0 aromatic carbocycles. The van der Waals surface area contributed by atoms with Crippen molar-refractivity contribution in [1.29, 1.82) is 0 Å². The van der Waals surface area contributed by atoms with E-state index in [0.717, 1.165) is 65.9 Å². The van der Waals surface area contributed by atoms with E-state index in [1.54, 1.807) is 17.1 Å². The number of rotatable bonds is 3. The zero-order chi connectivity index (χ0) is 19.9. The van der Waals surface area contributed by atoms with Crippen molar-refractivity contribution >= 4 is 11.5 Å². The summed E-state index contributed by atoms with van der Waals surface area (Å²) in [5.74, 6) is 2.49. The molecule has 0 atom stereocenters. The number of pyridine rings is 1. The molecular formula is C21H21N7O2.